The van der Waals surface area contributed by atoms with Crippen LogP contribution in [-0.4, -0.2) is 69.7 Å². The predicted molar refractivity (Wildman–Crippen MR) is 125 cm³/mol. The fourth-order valence-corrected chi connectivity index (χ4v) is 3.91. The molecule has 0 aromatic heterocycles. The Morgan fingerprint density at radius 1 is 1.10 bits per heavy atom. The number of nitrogens with zero attached hydrogens (tertiary/aromatic N) is 2. The molecule has 3 rings (SSSR count). The van der Waals surface area contributed by atoms with Gasteiger partial charge in [0.05, 0.1) is 13.2 Å². The molecular weight excluding hydrogens is 396 g/mol. The second-order valence-electron chi connectivity index (χ2n) is 6.96. The van der Waals surface area contributed by atoms with Gasteiger partial charge in [-0.25, -0.2) is 0 Å². The summed E-state index contributed by atoms with van der Waals surface area (Å²) in [7, 11) is 1.80. The van der Waals surface area contributed by atoms with Crippen LogP contribution >= 0.6 is 11.8 Å². The van der Waals surface area contributed by atoms with Crippen LogP contribution in [0.25, 0.3) is 0 Å². The molecule has 0 atom stereocenters. The van der Waals surface area contributed by atoms with E-state index in [1.807, 2.05) is 30.0 Å². The van der Waals surface area contributed by atoms with Crippen molar-refractivity contribution in [3.05, 3.63) is 60.2 Å². The third kappa shape index (κ3) is 8.26. The van der Waals surface area contributed by atoms with Crippen LogP contribution in [0.5, 0.6) is 5.75 Å². The number of hydrogen-bond acceptors (Lipinski definition) is 5. The van der Waals surface area contributed by atoms with Crippen molar-refractivity contribution in [2.75, 3.05) is 58.8 Å². The first-order valence-electron chi connectivity index (χ1n) is 10.5. The molecule has 1 aliphatic heterocycles. The SMILES string of the molecule is CN=C(NCCSc1ccccc1)NCc1cccc(OCCN2CCOCC2)c1. The number of hydrogen-bond donors (Lipinski definition) is 2. The fraction of sp³-hybridized carbons (Fsp3) is 0.435. The van der Waals surface area contributed by atoms with E-state index in [9.17, 15) is 0 Å². The number of guanidine groups is 1. The summed E-state index contributed by atoms with van der Waals surface area (Å²) >= 11 is 1.83. The first-order valence-corrected chi connectivity index (χ1v) is 11.5. The molecule has 2 N–H and O–H groups in total. The summed E-state index contributed by atoms with van der Waals surface area (Å²) in [6, 6.07) is 18.7. The van der Waals surface area contributed by atoms with E-state index in [1.54, 1.807) is 7.05 Å². The van der Waals surface area contributed by atoms with Crippen molar-refractivity contribution in [2.24, 2.45) is 4.99 Å². The maximum atomic E-state index is 5.95. The minimum Gasteiger partial charge on any atom is -0.492 e. The van der Waals surface area contributed by atoms with Gasteiger partial charge in [-0.15, -0.1) is 11.8 Å². The number of aliphatic imine (C=N–C) groups is 1. The van der Waals surface area contributed by atoms with Crippen LogP contribution in [0.2, 0.25) is 0 Å². The lowest BCUT2D eigenvalue weighted by Crippen LogP contribution is -2.38. The Bertz CT molecular complexity index is 767. The van der Waals surface area contributed by atoms with Gasteiger partial charge in [0, 0.05) is 50.4 Å². The van der Waals surface area contributed by atoms with Crippen molar-refractivity contribution in [3.8, 4) is 5.75 Å². The molecule has 1 aliphatic rings. The molecule has 0 saturated carbocycles. The Hall–Kier alpha value is -2.22. The summed E-state index contributed by atoms with van der Waals surface area (Å²) in [4.78, 5) is 7.97. The lowest BCUT2D eigenvalue weighted by atomic mass is 10.2. The molecule has 0 unspecified atom stereocenters. The van der Waals surface area contributed by atoms with Crippen molar-refractivity contribution in [1.82, 2.24) is 15.5 Å². The van der Waals surface area contributed by atoms with Crippen LogP contribution in [0.15, 0.2) is 64.5 Å². The third-order valence-corrected chi connectivity index (χ3v) is 5.78. The molecule has 0 amide bonds. The first kappa shape index (κ1) is 22.5. The van der Waals surface area contributed by atoms with Crippen molar-refractivity contribution >= 4 is 17.7 Å². The third-order valence-electron chi connectivity index (χ3n) is 4.77. The lowest BCUT2D eigenvalue weighted by Gasteiger charge is -2.26. The molecule has 2 aromatic carbocycles. The quantitative estimate of drug-likeness (QED) is 0.263. The van der Waals surface area contributed by atoms with E-state index < -0.39 is 0 Å². The number of benzene rings is 2. The number of thioether (sulfide) groups is 1. The Balaban J connectivity index is 1.34. The molecule has 1 fully saturated rings. The number of nitrogens with one attached hydrogen (secondary N) is 2. The van der Waals surface area contributed by atoms with Crippen LogP contribution in [-0.2, 0) is 11.3 Å². The van der Waals surface area contributed by atoms with E-state index in [2.05, 4.69) is 56.9 Å². The van der Waals surface area contributed by atoms with Gasteiger partial charge in [0.1, 0.15) is 12.4 Å². The summed E-state index contributed by atoms with van der Waals surface area (Å²) in [5.41, 5.74) is 1.17. The molecule has 1 saturated heterocycles. The second-order valence-corrected chi connectivity index (χ2v) is 8.13. The van der Waals surface area contributed by atoms with Gasteiger partial charge in [0.25, 0.3) is 0 Å². The molecule has 6 nitrogen and oxygen atoms in total. The van der Waals surface area contributed by atoms with Crippen LogP contribution in [0.1, 0.15) is 5.56 Å². The standard InChI is InChI=1S/C23H32N4O2S/c1-24-23(25-10-17-30-22-8-3-2-4-9-22)26-19-20-6-5-7-21(18-20)29-16-13-27-11-14-28-15-12-27/h2-9,18H,10-17,19H2,1H3,(H2,24,25,26). The molecule has 0 aliphatic carbocycles. The summed E-state index contributed by atoms with van der Waals surface area (Å²) < 4.78 is 11.3. The number of rotatable bonds is 10. The van der Waals surface area contributed by atoms with Gasteiger partial charge in [-0.05, 0) is 29.8 Å². The molecule has 2 aromatic rings. The summed E-state index contributed by atoms with van der Waals surface area (Å²) in [6.07, 6.45) is 0. The molecular formula is C23H32N4O2S. The number of morpholine rings is 1. The zero-order valence-corrected chi connectivity index (χ0v) is 18.5. The van der Waals surface area contributed by atoms with E-state index in [1.165, 1.54) is 10.5 Å². The van der Waals surface area contributed by atoms with Crippen LogP contribution < -0.4 is 15.4 Å². The normalized spacial score (nSPS) is 15.0. The highest BCUT2D eigenvalue weighted by atomic mass is 32.2. The molecule has 0 spiro atoms. The van der Waals surface area contributed by atoms with Crippen LogP contribution in [0.3, 0.4) is 0 Å². The first-order chi connectivity index (χ1) is 14.8. The van der Waals surface area contributed by atoms with E-state index in [0.29, 0.717) is 13.2 Å². The van der Waals surface area contributed by atoms with Gasteiger partial charge in [0.2, 0.25) is 0 Å². The Kier molecular flexibility index (Phi) is 9.85. The average Bonchev–Trinajstić information content (AvgIpc) is 2.80. The van der Waals surface area contributed by atoms with Gasteiger partial charge in [-0.1, -0.05) is 30.3 Å². The highest BCUT2D eigenvalue weighted by Crippen LogP contribution is 2.16. The van der Waals surface area contributed by atoms with Crippen LogP contribution in [0.4, 0.5) is 0 Å². The summed E-state index contributed by atoms with van der Waals surface area (Å²) in [5, 5.41) is 6.74. The summed E-state index contributed by atoms with van der Waals surface area (Å²) in [5.74, 6) is 2.70. The summed E-state index contributed by atoms with van der Waals surface area (Å²) in [6.45, 7) is 6.80. The molecule has 7 heteroatoms. The highest BCUT2D eigenvalue weighted by Gasteiger charge is 2.09. The van der Waals surface area contributed by atoms with Gasteiger partial charge < -0.3 is 20.1 Å². The minimum absolute atomic E-state index is 0.694. The van der Waals surface area contributed by atoms with Crippen molar-refractivity contribution in [2.45, 2.75) is 11.4 Å². The van der Waals surface area contributed by atoms with E-state index in [0.717, 1.165) is 56.9 Å². The Labute approximate surface area is 184 Å². The van der Waals surface area contributed by atoms with E-state index in [4.69, 9.17) is 9.47 Å². The van der Waals surface area contributed by atoms with Gasteiger partial charge in [-0.3, -0.25) is 9.89 Å². The Morgan fingerprint density at radius 2 is 1.93 bits per heavy atom. The lowest BCUT2D eigenvalue weighted by molar-refractivity contribution is 0.0322. The molecule has 162 valence electrons. The van der Waals surface area contributed by atoms with Gasteiger partial charge in [-0.2, -0.15) is 0 Å². The zero-order chi connectivity index (χ0) is 20.9. The number of ether oxygens (including phenoxy) is 2. The molecule has 1 heterocycles. The maximum Gasteiger partial charge on any atom is 0.191 e. The maximum absolute atomic E-state index is 5.95. The topological polar surface area (TPSA) is 58.1 Å². The van der Waals surface area contributed by atoms with E-state index >= 15 is 0 Å². The van der Waals surface area contributed by atoms with Gasteiger partial charge >= 0.3 is 0 Å². The Morgan fingerprint density at radius 3 is 2.73 bits per heavy atom. The zero-order valence-electron chi connectivity index (χ0n) is 17.7. The van der Waals surface area contributed by atoms with Crippen molar-refractivity contribution in [1.29, 1.82) is 0 Å². The largest absolute Gasteiger partial charge is 0.492 e. The highest BCUT2D eigenvalue weighted by molar-refractivity contribution is 7.99. The van der Waals surface area contributed by atoms with Gasteiger partial charge in [0.15, 0.2) is 5.96 Å². The van der Waals surface area contributed by atoms with Crippen LogP contribution in [0, 0.1) is 0 Å². The minimum atomic E-state index is 0.694. The molecule has 0 radical (unpaired) electrons. The second kappa shape index (κ2) is 13.2. The monoisotopic (exact) mass is 428 g/mol. The predicted octanol–water partition coefficient (Wildman–Crippen LogP) is 2.85. The van der Waals surface area contributed by atoms with Crippen molar-refractivity contribution in [3.63, 3.8) is 0 Å². The van der Waals surface area contributed by atoms with Crippen molar-refractivity contribution < 1.29 is 9.47 Å². The van der Waals surface area contributed by atoms with E-state index in [-0.39, 0.29) is 0 Å². The fourth-order valence-electron chi connectivity index (χ4n) is 3.12. The smallest absolute Gasteiger partial charge is 0.191 e. The molecule has 0 bridgehead atoms. The average molecular weight is 429 g/mol. The molecule has 30 heavy (non-hydrogen) atoms.